The topological polar surface area (TPSA) is 6.48 Å². The SMILES string of the molecule is Clc1ccccc1N1CCN(C(Cl)c2ccccc2)CC1. The van der Waals surface area contributed by atoms with Gasteiger partial charge >= 0.3 is 0 Å². The zero-order valence-electron chi connectivity index (χ0n) is 11.8. The maximum absolute atomic E-state index is 6.59. The van der Waals surface area contributed by atoms with Crippen molar-refractivity contribution in [3.05, 3.63) is 65.2 Å². The first-order valence-corrected chi connectivity index (χ1v) is 8.00. The van der Waals surface area contributed by atoms with Crippen molar-refractivity contribution in [1.29, 1.82) is 0 Å². The van der Waals surface area contributed by atoms with Crippen molar-refractivity contribution in [2.24, 2.45) is 0 Å². The molecule has 1 saturated heterocycles. The van der Waals surface area contributed by atoms with Crippen LogP contribution in [-0.4, -0.2) is 31.1 Å². The highest BCUT2D eigenvalue weighted by Gasteiger charge is 2.24. The van der Waals surface area contributed by atoms with Crippen molar-refractivity contribution in [1.82, 2.24) is 4.90 Å². The maximum atomic E-state index is 6.59. The lowest BCUT2D eigenvalue weighted by molar-refractivity contribution is 0.238. The Morgan fingerprint density at radius 2 is 1.43 bits per heavy atom. The Kier molecular flexibility index (Phi) is 4.69. The molecule has 0 N–H and O–H groups in total. The fraction of sp³-hybridized carbons (Fsp3) is 0.294. The van der Waals surface area contributed by atoms with Crippen molar-refractivity contribution >= 4 is 28.9 Å². The minimum atomic E-state index is -0.0559. The van der Waals surface area contributed by atoms with Gasteiger partial charge in [-0.2, -0.15) is 0 Å². The predicted octanol–water partition coefficient (Wildman–Crippen LogP) is 4.40. The van der Waals surface area contributed by atoms with Crippen LogP contribution in [0.1, 0.15) is 11.1 Å². The Morgan fingerprint density at radius 1 is 0.810 bits per heavy atom. The van der Waals surface area contributed by atoms with E-state index >= 15 is 0 Å². The summed E-state index contributed by atoms with van der Waals surface area (Å²) in [5, 5.41) is 0.816. The number of alkyl halides is 1. The molecule has 0 aromatic heterocycles. The number of hydrogen-bond acceptors (Lipinski definition) is 2. The number of rotatable bonds is 3. The summed E-state index contributed by atoms with van der Waals surface area (Å²) < 4.78 is 0. The van der Waals surface area contributed by atoms with Crippen molar-refractivity contribution in [3.8, 4) is 0 Å². The van der Waals surface area contributed by atoms with Crippen LogP contribution in [0.2, 0.25) is 5.02 Å². The standard InChI is InChI=1S/C17H18Cl2N2/c18-15-8-4-5-9-16(15)20-10-12-21(13-11-20)17(19)14-6-2-1-3-7-14/h1-9,17H,10-13H2. The number of halogens is 2. The van der Waals surface area contributed by atoms with E-state index in [0.717, 1.165) is 42.5 Å². The lowest BCUT2D eigenvalue weighted by Gasteiger charge is -2.38. The fourth-order valence-corrected chi connectivity index (χ4v) is 3.32. The second-order valence-electron chi connectivity index (χ2n) is 5.22. The summed E-state index contributed by atoms with van der Waals surface area (Å²) in [4.78, 5) is 4.64. The minimum absolute atomic E-state index is 0.0559. The Labute approximate surface area is 135 Å². The van der Waals surface area contributed by atoms with Gasteiger partial charge in [0.05, 0.1) is 10.7 Å². The van der Waals surface area contributed by atoms with Gasteiger partial charge in [-0.05, 0) is 17.7 Å². The van der Waals surface area contributed by atoms with Crippen LogP contribution in [0, 0.1) is 0 Å². The average molecular weight is 321 g/mol. The smallest absolute Gasteiger partial charge is 0.111 e. The average Bonchev–Trinajstić information content (AvgIpc) is 2.56. The summed E-state index contributed by atoms with van der Waals surface area (Å²) in [6, 6.07) is 18.3. The molecule has 2 nitrogen and oxygen atoms in total. The Balaban J connectivity index is 1.64. The van der Waals surface area contributed by atoms with Crippen LogP contribution in [0.25, 0.3) is 0 Å². The van der Waals surface area contributed by atoms with Gasteiger partial charge in [0, 0.05) is 26.2 Å². The Hall–Kier alpha value is -1.22. The largest absolute Gasteiger partial charge is 0.368 e. The molecule has 1 aliphatic rings. The van der Waals surface area contributed by atoms with Crippen LogP contribution in [0.3, 0.4) is 0 Å². The summed E-state index contributed by atoms with van der Waals surface area (Å²) >= 11 is 12.9. The van der Waals surface area contributed by atoms with Crippen LogP contribution < -0.4 is 4.90 Å². The van der Waals surface area contributed by atoms with E-state index in [1.165, 1.54) is 0 Å². The predicted molar refractivity (Wildman–Crippen MR) is 90.3 cm³/mol. The number of para-hydroxylation sites is 1. The summed E-state index contributed by atoms with van der Waals surface area (Å²) in [7, 11) is 0. The van der Waals surface area contributed by atoms with Crippen LogP contribution in [0.15, 0.2) is 54.6 Å². The lowest BCUT2D eigenvalue weighted by Crippen LogP contribution is -2.46. The third-order valence-corrected chi connectivity index (χ3v) is 4.75. The number of hydrogen-bond donors (Lipinski definition) is 0. The lowest BCUT2D eigenvalue weighted by atomic mass is 10.2. The maximum Gasteiger partial charge on any atom is 0.111 e. The second-order valence-corrected chi connectivity index (χ2v) is 6.04. The van der Waals surface area contributed by atoms with Crippen molar-refractivity contribution in [2.45, 2.75) is 5.50 Å². The van der Waals surface area contributed by atoms with E-state index < -0.39 is 0 Å². The third-order valence-electron chi connectivity index (χ3n) is 3.90. The first kappa shape index (κ1) is 14.7. The van der Waals surface area contributed by atoms with E-state index in [2.05, 4.69) is 28.0 Å². The summed E-state index contributed by atoms with van der Waals surface area (Å²) in [6.07, 6.45) is 0. The minimum Gasteiger partial charge on any atom is -0.368 e. The molecule has 1 atom stereocenters. The summed E-state index contributed by atoms with van der Waals surface area (Å²) in [5.41, 5.74) is 2.22. The van der Waals surface area contributed by atoms with Gasteiger partial charge in [0.15, 0.2) is 0 Å². The number of piperazine rings is 1. The molecule has 0 radical (unpaired) electrons. The van der Waals surface area contributed by atoms with E-state index in [4.69, 9.17) is 23.2 Å². The third kappa shape index (κ3) is 3.34. The number of nitrogens with zero attached hydrogens (tertiary/aromatic N) is 2. The van der Waals surface area contributed by atoms with Gasteiger partial charge in [-0.1, -0.05) is 54.1 Å². The Bertz CT molecular complexity index is 580. The molecule has 1 aliphatic heterocycles. The van der Waals surface area contributed by atoms with Gasteiger partial charge in [-0.25, -0.2) is 0 Å². The molecule has 1 heterocycles. The van der Waals surface area contributed by atoms with Gasteiger partial charge in [0.1, 0.15) is 5.50 Å². The molecule has 3 rings (SSSR count). The quantitative estimate of drug-likeness (QED) is 0.611. The van der Waals surface area contributed by atoms with Crippen LogP contribution in [0.4, 0.5) is 5.69 Å². The monoisotopic (exact) mass is 320 g/mol. The van der Waals surface area contributed by atoms with Crippen molar-refractivity contribution in [3.63, 3.8) is 0 Å². The Morgan fingerprint density at radius 3 is 2.10 bits per heavy atom. The highest BCUT2D eigenvalue weighted by molar-refractivity contribution is 6.33. The van der Waals surface area contributed by atoms with E-state index in [0.29, 0.717) is 0 Å². The molecule has 0 aliphatic carbocycles. The van der Waals surface area contributed by atoms with Gasteiger partial charge in [0.2, 0.25) is 0 Å². The molecule has 0 amide bonds. The van der Waals surface area contributed by atoms with Crippen LogP contribution in [-0.2, 0) is 0 Å². The summed E-state index contributed by atoms with van der Waals surface area (Å²) in [6.45, 7) is 3.77. The molecular formula is C17H18Cl2N2. The highest BCUT2D eigenvalue weighted by Crippen LogP contribution is 2.29. The zero-order chi connectivity index (χ0) is 14.7. The fourth-order valence-electron chi connectivity index (χ4n) is 2.72. The first-order chi connectivity index (χ1) is 10.3. The molecule has 110 valence electrons. The van der Waals surface area contributed by atoms with E-state index in [9.17, 15) is 0 Å². The van der Waals surface area contributed by atoms with E-state index in [1.54, 1.807) is 0 Å². The molecular weight excluding hydrogens is 303 g/mol. The van der Waals surface area contributed by atoms with Gasteiger partial charge < -0.3 is 4.90 Å². The first-order valence-electron chi connectivity index (χ1n) is 7.18. The summed E-state index contributed by atoms with van der Waals surface area (Å²) in [5.74, 6) is 0. The molecule has 4 heteroatoms. The molecule has 0 spiro atoms. The number of anilines is 1. The number of benzene rings is 2. The normalized spacial score (nSPS) is 17.7. The second kappa shape index (κ2) is 6.69. The van der Waals surface area contributed by atoms with E-state index in [1.807, 2.05) is 36.4 Å². The van der Waals surface area contributed by atoms with Gasteiger partial charge in [-0.3, -0.25) is 4.90 Å². The van der Waals surface area contributed by atoms with Gasteiger partial charge in [0.25, 0.3) is 0 Å². The molecule has 0 bridgehead atoms. The van der Waals surface area contributed by atoms with Gasteiger partial charge in [-0.15, -0.1) is 11.6 Å². The van der Waals surface area contributed by atoms with Crippen molar-refractivity contribution in [2.75, 3.05) is 31.1 Å². The zero-order valence-corrected chi connectivity index (χ0v) is 13.3. The van der Waals surface area contributed by atoms with Crippen LogP contribution >= 0.6 is 23.2 Å². The van der Waals surface area contributed by atoms with Crippen molar-refractivity contribution < 1.29 is 0 Å². The molecule has 1 unspecified atom stereocenters. The molecule has 2 aromatic rings. The molecule has 21 heavy (non-hydrogen) atoms. The van der Waals surface area contributed by atoms with E-state index in [-0.39, 0.29) is 5.50 Å². The molecule has 2 aromatic carbocycles. The highest BCUT2D eigenvalue weighted by atomic mass is 35.5. The molecule has 0 saturated carbocycles. The van der Waals surface area contributed by atoms with Crippen LogP contribution in [0.5, 0.6) is 0 Å². The molecule has 1 fully saturated rings.